The maximum Gasteiger partial charge on any atom is 0.130 e. The van der Waals surface area contributed by atoms with E-state index in [1.165, 1.54) is 17.1 Å². The van der Waals surface area contributed by atoms with Crippen molar-refractivity contribution in [2.45, 2.75) is 32.7 Å². The largest absolute Gasteiger partial charge is 0.370 e. The maximum absolute atomic E-state index is 4.53. The summed E-state index contributed by atoms with van der Waals surface area (Å²) in [6, 6.07) is 0. The monoisotopic (exact) mass is 251 g/mol. The summed E-state index contributed by atoms with van der Waals surface area (Å²) < 4.78 is 5.68. The van der Waals surface area contributed by atoms with Crippen molar-refractivity contribution in [3.8, 4) is 0 Å². The molecule has 0 spiro atoms. The van der Waals surface area contributed by atoms with Crippen LogP contribution in [0.3, 0.4) is 0 Å². The Morgan fingerprint density at radius 2 is 2.18 bits per heavy atom. The van der Waals surface area contributed by atoms with Crippen molar-refractivity contribution in [1.82, 2.24) is 19.4 Å². The van der Waals surface area contributed by atoms with Crippen LogP contribution in [0.15, 0.2) is 12.4 Å². The van der Waals surface area contributed by atoms with E-state index in [4.69, 9.17) is 0 Å². The first-order valence-corrected chi connectivity index (χ1v) is 6.28. The molecule has 2 aromatic rings. The molecule has 0 aliphatic rings. The molecule has 0 aromatic carbocycles. The molecular weight excluding hydrogens is 234 g/mol. The van der Waals surface area contributed by atoms with Crippen molar-refractivity contribution >= 4 is 16.5 Å². The SMILES string of the molecule is Cn1cc(CNc2cnns2)c(C(C)(C)C)n1. The summed E-state index contributed by atoms with van der Waals surface area (Å²) in [6.45, 7) is 7.28. The lowest BCUT2D eigenvalue weighted by Crippen LogP contribution is -2.15. The minimum absolute atomic E-state index is 0.0597. The van der Waals surface area contributed by atoms with Crippen LogP contribution in [0.4, 0.5) is 5.00 Å². The molecule has 0 saturated heterocycles. The molecule has 0 amide bonds. The van der Waals surface area contributed by atoms with E-state index in [0.717, 1.165) is 17.2 Å². The number of nitrogens with one attached hydrogen (secondary N) is 1. The number of hydrogen-bond donors (Lipinski definition) is 1. The standard InChI is InChI=1S/C11H17N5S/c1-11(2,3)10-8(7-16(4)14-10)5-12-9-6-13-15-17-9/h6-7,12H,5H2,1-4H3. The fourth-order valence-corrected chi connectivity index (χ4v) is 2.14. The predicted molar refractivity (Wildman–Crippen MR) is 69.1 cm³/mol. The quantitative estimate of drug-likeness (QED) is 0.908. The normalized spacial score (nSPS) is 11.8. The van der Waals surface area contributed by atoms with E-state index in [0.29, 0.717) is 0 Å². The highest BCUT2D eigenvalue weighted by Crippen LogP contribution is 2.25. The second-order valence-electron chi connectivity index (χ2n) is 5.06. The highest BCUT2D eigenvalue weighted by Gasteiger charge is 2.21. The number of nitrogens with zero attached hydrogens (tertiary/aromatic N) is 4. The molecule has 0 bridgehead atoms. The lowest BCUT2D eigenvalue weighted by atomic mass is 9.89. The van der Waals surface area contributed by atoms with Gasteiger partial charge in [-0.05, 0) is 0 Å². The molecular formula is C11H17N5S. The Hall–Kier alpha value is -1.43. The molecule has 92 valence electrons. The number of aromatic nitrogens is 4. The van der Waals surface area contributed by atoms with E-state index in [1.807, 2.05) is 11.7 Å². The lowest BCUT2D eigenvalue weighted by molar-refractivity contribution is 0.549. The number of rotatable bonds is 3. The van der Waals surface area contributed by atoms with Crippen LogP contribution in [-0.2, 0) is 19.0 Å². The van der Waals surface area contributed by atoms with E-state index < -0.39 is 0 Å². The van der Waals surface area contributed by atoms with Crippen LogP contribution in [0, 0.1) is 0 Å². The number of hydrogen-bond acceptors (Lipinski definition) is 5. The molecule has 17 heavy (non-hydrogen) atoms. The van der Waals surface area contributed by atoms with E-state index in [9.17, 15) is 0 Å². The van der Waals surface area contributed by atoms with E-state index in [-0.39, 0.29) is 5.41 Å². The van der Waals surface area contributed by atoms with Gasteiger partial charge >= 0.3 is 0 Å². The van der Waals surface area contributed by atoms with Gasteiger partial charge < -0.3 is 5.32 Å². The fourth-order valence-electron chi connectivity index (χ4n) is 1.73. The van der Waals surface area contributed by atoms with Crippen LogP contribution >= 0.6 is 11.5 Å². The van der Waals surface area contributed by atoms with Crippen LogP contribution in [0.5, 0.6) is 0 Å². The van der Waals surface area contributed by atoms with Gasteiger partial charge in [0, 0.05) is 42.3 Å². The van der Waals surface area contributed by atoms with Crippen LogP contribution < -0.4 is 5.32 Å². The fraction of sp³-hybridized carbons (Fsp3) is 0.545. The molecule has 1 N–H and O–H groups in total. The van der Waals surface area contributed by atoms with Gasteiger partial charge in [0.25, 0.3) is 0 Å². The Kier molecular flexibility index (Phi) is 3.15. The van der Waals surface area contributed by atoms with Crippen molar-refractivity contribution in [3.63, 3.8) is 0 Å². The minimum Gasteiger partial charge on any atom is -0.370 e. The summed E-state index contributed by atoms with van der Waals surface area (Å²) in [5.41, 5.74) is 2.41. The van der Waals surface area contributed by atoms with Gasteiger partial charge in [0.05, 0.1) is 11.9 Å². The molecule has 0 radical (unpaired) electrons. The smallest absolute Gasteiger partial charge is 0.130 e. The van der Waals surface area contributed by atoms with Crippen molar-refractivity contribution in [2.75, 3.05) is 5.32 Å². The van der Waals surface area contributed by atoms with Crippen molar-refractivity contribution in [1.29, 1.82) is 0 Å². The zero-order chi connectivity index (χ0) is 12.5. The lowest BCUT2D eigenvalue weighted by Gasteiger charge is -2.17. The average Bonchev–Trinajstić information content (AvgIpc) is 2.82. The Labute approximate surface area is 105 Å². The number of aryl methyl sites for hydroxylation is 1. The second-order valence-corrected chi connectivity index (χ2v) is 5.85. The summed E-state index contributed by atoms with van der Waals surface area (Å²) >= 11 is 1.36. The maximum atomic E-state index is 4.53. The molecule has 0 unspecified atom stereocenters. The van der Waals surface area contributed by atoms with Gasteiger partial charge in [0.15, 0.2) is 0 Å². The number of anilines is 1. The molecule has 5 nitrogen and oxygen atoms in total. The van der Waals surface area contributed by atoms with Crippen molar-refractivity contribution in [2.24, 2.45) is 7.05 Å². The Balaban J connectivity index is 2.15. The topological polar surface area (TPSA) is 55.6 Å². The van der Waals surface area contributed by atoms with Gasteiger partial charge in [0.2, 0.25) is 0 Å². The zero-order valence-electron chi connectivity index (χ0n) is 10.6. The van der Waals surface area contributed by atoms with Gasteiger partial charge in [0.1, 0.15) is 5.00 Å². The third-order valence-electron chi connectivity index (χ3n) is 2.43. The van der Waals surface area contributed by atoms with Gasteiger partial charge in [-0.15, -0.1) is 5.10 Å². The molecule has 0 saturated carbocycles. The van der Waals surface area contributed by atoms with Gasteiger partial charge in [-0.1, -0.05) is 25.3 Å². The summed E-state index contributed by atoms with van der Waals surface area (Å²) in [4.78, 5) is 0. The van der Waals surface area contributed by atoms with E-state index >= 15 is 0 Å². The molecule has 0 aliphatic heterocycles. The van der Waals surface area contributed by atoms with Crippen molar-refractivity contribution < 1.29 is 0 Å². The van der Waals surface area contributed by atoms with Crippen LogP contribution in [0.25, 0.3) is 0 Å². The molecule has 2 aromatic heterocycles. The predicted octanol–water partition coefficient (Wildman–Crippen LogP) is 2.18. The first-order chi connectivity index (χ1) is 7.97. The summed E-state index contributed by atoms with van der Waals surface area (Å²) in [6.07, 6.45) is 3.79. The summed E-state index contributed by atoms with van der Waals surface area (Å²) in [5, 5.41) is 12.6. The minimum atomic E-state index is 0.0597. The Morgan fingerprint density at radius 3 is 2.76 bits per heavy atom. The third kappa shape index (κ3) is 2.82. The zero-order valence-corrected chi connectivity index (χ0v) is 11.4. The third-order valence-corrected chi connectivity index (χ3v) is 3.05. The molecule has 0 atom stereocenters. The van der Waals surface area contributed by atoms with Crippen molar-refractivity contribution in [3.05, 3.63) is 23.7 Å². The Morgan fingerprint density at radius 1 is 1.41 bits per heavy atom. The van der Waals surface area contributed by atoms with Crippen LogP contribution in [0.1, 0.15) is 32.0 Å². The van der Waals surface area contributed by atoms with Gasteiger partial charge in [-0.3, -0.25) is 4.68 Å². The molecule has 0 aliphatic carbocycles. The van der Waals surface area contributed by atoms with Crippen LogP contribution in [-0.4, -0.2) is 19.4 Å². The molecule has 2 heterocycles. The second kappa shape index (κ2) is 4.44. The highest BCUT2D eigenvalue weighted by molar-refractivity contribution is 7.09. The highest BCUT2D eigenvalue weighted by atomic mass is 32.1. The summed E-state index contributed by atoms with van der Waals surface area (Å²) in [7, 11) is 1.95. The van der Waals surface area contributed by atoms with Gasteiger partial charge in [-0.25, -0.2) is 0 Å². The molecule has 6 heteroatoms. The van der Waals surface area contributed by atoms with E-state index in [1.54, 1.807) is 6.20 Å². The van der Waals surface area contributed by atoms with E-state index in [2.05, 4.69) is 47.0 Å². The first-order valence-electron chi connectivity index (χ1n) is 5.51. The Bertz CT molecular complexity index is 480. The average molecular weight is 251 g/mol. The molecule has 2 rings (SSSR count). The molecule has 0 fully saturated rings. The van der Waals surface area contributed by atoms with Crippen LogP contribution in [0.2, 0.25) is 0 Å². The van der Waals surface area contributed by atoms with Gasteiger partial charge in [-0.2, -0.15) is 5.10 Å². The first kappa shape index (κ1) is 12.0. The summed E-state index contributed by atoms with van der Waals surface area (Å²) in [5.74, 6) is 0.